The summed E-state index contributed by atoms with van der Waals surface area (Å²) in [6.45, 7) is 5.39. The molecule has 0 atom stereocenters. The lowest BCUT2D eigenvalue weighted by atomic mass is 10.2. The number of rotatable bonds is 5. The van der Waals surface area contributed by atoms with Crippen LogP contribution in [0, 0.1) is 12.7 Å². The number of aryl methyl sites for hydroxylation is 1. The summed E-state index contributed by atoms with van der Waals surface area (Å²) in [5.74, 6) is 0.574. The lowest BCUT2D eigenvalue weighted by molar-refractivity contribution is 0.433. The largest absolute Gasteiger partial charge is 0.454 e. The second kappa shape index (κ2) is 6.86. The Hall–Kier alpha value is -1.39. The molecule has 2 aromatic rings. The molecule has 0 fully saturated rings. The third-order valence-corrected chi connectivity index (χ3v) is 3.85. The van der Waals surface area contributed by atoms with Crippen LogP contribution in [-0.2, 0) is 6.54 Å². The molecule has 4 heteroatoms. The predicted octanol–water partition coefficient (Wildman–Crippen LogP) is 4.80. The van der Waals surface area contributed by atoms with E-state index in [1.54, 1.807) is 6.07 Å². The van der Waals surface area contributed by atoms with Crippen molar-refractivity contribution in [3.8, 4) is 11.5 Å². The fourth-order valence-corrected chi connectivity index (χ4v) is 2.11. The van der Waals surface area contributed by atoms with Gasteiger partial charge < -0.3 is 10.1 Å². The number of hydrogen-bond donors (Lipinski definition) is 1. The van der Waals surface area contributed by atoms with E-state index in [1.807, 2.05) is 38.1 Å². The van der Waals surface area contributed by atoms with Gasteiger partial charge in [-0.15, -0.1) is 0 Å². The van der Waals surface area contributed by atoms with Crippen LogP contribution in [0.15, 0.2) is 40.9 Å². The molecular formula is C16H17BrFNO. The van der Waals surface area contributed by atoms with E-state index >= 15 is 0 Å². The third-order valence-electron chi connectivity index (χ3n) is 2.96. The number of nitrogens with one attached hydrogen (secondary N) is 1. The Balaban J connectivity index is 2.29. The predicted molar refractivity (Wildman–Crippen MR) is 82.7 cm³/mol. The van der Waals surface area contributed by atoms with Gasteiger partial charge in [-0.25, -0.2) is 4.39 Å². The smallest absolute Gasteiger partial charge is 0.167 e. The van der Waals surface area contributed by atoms with Crippen molar-refractivity contribution in [1.82, 2.24) is 5.32 Å². The van der Waals surface area contributed by atoms with Gasteiger partial charge in [0.25, 0.3) is 0 Å². The summed E-state index contributed by atoms with van der Waals surface area (Å²) < 4.78 is 20.7. The van der Waals surface area contributed by atoms with Crippen molar-refractivity contribution in [1.29, 1.82) is 0 Å². The number of benzene rings is 2. The van der Waals surface area contributed by atoms with Gasteiger partial charge in [-0.1, -0.05) is 35.0 Å². The van der Waals surface area contributed by atoms with Gasteiger partial charge in [0, 0.05) is 16.6 Å². The zero-order chi connectivity index (χ0) is 14.5. The second-order valence-corrected chi connectivity index (χ2v) is 5.38. The van der Waals surface area contributed by atoms with E-state index < -0.39 is 0 Å². The first kappa shape index (κ1) is 15.0. The van der Waals surface area contributed by atoms with Gasteiger partial charge in [0.1, 0.15) is 5.75 Å². The summed E-state index contributed by atoms with van der Waals surface area (Å²) in [5.41, 5.74) is 1.86. The lowest BCUT2D eigenvalue weighted by Gasteiger charge is -2.13. The number of halogens is 2. The van der Waals surface area contributed by atoms with Gasteiger partial charge >= 0.3 is 0 Å². The maximum absolute atomic E-state index is 14.0. The van der Waals surface area contributed by atoms with Gasteiger partial charge in [-0.2, -0.15) is 0 Å². The first-order chi connectivity index (χ1) is 9.61. The van der Waals surface area contributed by atoms with E-state index in [1.165, 1.54) is 6.07 Å². The van der Waals surface area contributed by atoms with Crippen molar-refractivity contribution in [2.24, 2.45) is 0 Å². The fraction of sp³-hybridized carbons (Fsp3) is 0.250. The SMILES string of the molecule is CCNCc1cccc(F)c1Oc1ccc(Br)c(C)c1. The zero-order valence-corrected chi connectivity index (χ0v) is 13.1. The van der Waals surface area contributed by atoms with Crippen molar-refractivity contribution in [3.63, 3.8) is 0 Å². The standard InChI is InChI=1S/C16H17BrFNO/c1-3-19-10-12-5-4-6-15(18)16(12)20-13-7-8-14(17)11(2)9-13/h4-9,19H,3,10H2,1-2H3. The van der Waals surface area contributed by atoms with Crippen LogP contribution >= 0.6 is 15.9 Å². The molecule has 0 aliphatic heterocycles. The van der Waals surface area contributed by atoms with Crippen LogP contribution in [0.3, 0.4) is 0 Å². The Bertz CT molecular complexity index is 601. The maximum atomic E-state index is 14.0. The Kier molecular flexibility index (Phi) is 5.15. The monoisotopic (exact) mass is 337 g/mol. The average Bonchev–Trinajstić information content (AvgIpc) is 2.43. The van der Waals surface area contributed by atoms with Crippen LogP contribution in [0.2, 0.25) is 0 Å². The molecule has 0 radical (unpaired) electrons. The highest BCUT2D eigenvalue weighted by molar-refractivity contribution is 9.10. The molecule has 0 aliphatic carbocycles. The minimum Gasteiger partial charge on any atom is -0.454 e. The Labute approximate surface area is 127 Å². The molecule has 2 aromatic carbocycles. The average molecular weight is 338 g/mol. The molecule has 0 amide bonds. The highest BCUT2D eigenvalue weighted by atomic mass is 79.9. The first-order valence-electron chi connectivity index (χ1n) is 6.54. The van der Waals surface area contributed by atoms with E-state index in [2.05, 4.69) is 21.2 Å². The third kappa shape index (κ3) is 3.58. The molecule has 0 bridgehead atoms. The van der Waals surface area contributed by atoms with Gasteiger partial charge in [0.15, 0.2) is 11.6 Å². The first-order valence-corrected chi connectivity index (χ1v) is 7.33. The number of para-hydroxylation sites is 1. The van der Waals surface area contributed by atoms with E-state index in [0.717, 1.165) is 22.1 Å². The molecule has 2 nitrogen and oxygen atoms in total. The van der Waals surface area contributed by atoms with Crippen LogP contribution in [0.4, 0.5) is 4.39 Å². The molecule has 0 saturated carbocycles. The summed E-state index contributed by atoms with van der Waals surface area (Å²) in [6.07, 6.45) is 0. The van der Waals surface area contributed by atoms with Gasteiger partial charge in [-0.3, -0.25) is 0 Å². The quantitative estimate of drug-likeness (QED) is 0.846. The number of hydrogen-bond acceptors (Lipinski definition) is 2. The minimum absolute atomic E-state index is 0.287. The summed E-state index contributed by atoms with van der Waals surface area (Å²) in [7, 11) is 0. The Morgan fingerprint density at radius 2 is 2.05 bits per heavy atom. The highest BCUT2D eigenvalue weighted by Crippen LogP contribution is 2.30. The molecule has 20 heavy (non-hydrogen) atoms. The molecular weight excluding hydrogens is 321 g/mol. The van der Waals surface area contributed by atoms with Crippen LogP contribution in [0.1, 0.15) is 18.1 Å². The number of ether oxygens (including phenoxy) is 1. The second-order valence-electron chi connectivity index (χ2n) is 4.52. The minimum atomic E-state index is -0.346. The Morgan fingerprint density at radius 3 is 2.75 bits per heavy atom. The van der Waals surface area contributed by atoms with Crippen molar-refractivity contribution in [2.75, 3.05) is 6.54 Å². The summed E-state index contributed by atoms with van der Waals surface area (Å²) in [5, 5.41) is 3.18. The zero-order valence-electron chi connectivity index (χ0n) is 11.5. The molecule has 0 spiro atoms. The van der Waals surface area contributed by atoms with Crippen molar-refractivity contribution in [3.05, 3.63) is 57.8 Å². The van der Waals surface area contributed by atoms with Crippen molar-refractivity contribution >= 4 is 15.9 Å². The van der Waals surface area contributed by atoms with E-state index in [9.17, 15) is 4.39 Å². The van der Waals surface area contributed by atoms with Crippen molar-refractivity contribution in [2.45, 2.75) is 20.4 Å². The molecule has 106 valence electrons. The summed E-state index contributed by atoms with van der Waals surface area (Å²) >= 11 is 3.44. The molecule has 0 heterocycles. The van der Waals surface area contributed by atoms with Crippen LogP contribution in [0.25, 0.3) is 0 Å². The van der Waals surface area contributed by atoms with E-state index in [0.29, 0.717) is 12.3 Å². The molecule has 0 aliphatic rings. The molecule has 1 N–H and O–H groups in total. The maximum Gasteiger partial charge on any atom is 0.167 e. The normalized spacial score (nSPS) is 10.6. The van der Waals surface area contributed by atoms with Crippen LogP contribution in [0.5, 0.6) is 11.5 Å². The van der Waals surface area contributed by atoms with E-state index in [-0.39, 0.29) is 11.6 Å². The van der Waals surface area contributed by atoms with Crippen LogP contribution < -0.4 is 10.1 Å². The summed E-state index contributed by atoms with van der Waals surface area (Å²) in [6, 6.07) is 10.6. The molecule has 0 saturated heterocycles. The van der Waals surface area contributed by atoms with Gasteiger partial charge in [0.2, 0.25) is 0 Å². The van der Waals surface area contributed by atoms with Crippen molar-refractivity contribution < 1.29 is 9.13 Å². The van der Waals surface area contributed by atoms with Gasteiger partial charge in [0.05, 0.1) is 0 Å². The topological polar surface area (TPSA) is 21.3 Å². The highest BCUT2D eigenvalue weighted by Gasteiger charge is 2.11. The molecule has 2 rings (SSSR count). The van der Waals surface area contributed by atoms with Crippen LogP contribution in [-0.4, -0.2) is 6.54 Å². The fourth-order valence-electron chi connectivity index (χ4n) is 1.87. The Morgan fingerprint density at radius 1 is 1.25 bits per heavy atom. The van der Waals surface area contributed by atoms with E-state index in [4.69, 9.17) is 4.74 Å². The molecule has 0 unspecified atom stereocenters. The summed E-state index contributed by atoms with van der Waals surface area (Å²) in [4.78, 5) is 0. The lowest BCUT2D eigenvalue weighted by Crippen LogP contribution is -2.12. The molecule has 0 aromatic heterocycles. The van der Waals surface area contributed by atoms with Gasteiger partial charge in [-0.05, 0) is 43.3 Å².